The molecule has 1 aliphatic carbocycles. The van der Waals surface area contributed by atoms with Crippen LogP contribution in [0.3, 0.4) is 0 Å². The monoisotopic (exact) mass is 189 g/mol. The van der Waals surface area contributed by atoms with Gasteiger partial charge in [0.25, 0.3) is 0 Å². The van der Waals surface area contributed by atoms with E-state index in [1.165, 1.54) is 19.3 Å². The molecule has 2 unspecified atom stereocenters. The fourth-order valence-corrected chi connectivity index (χ4v) is 2.37. The van der Waals surface area contributed by atoms with Crippen LogP contribution in [0.15, 0.2) is 5.16 Å². The first-order valence-electron chi connectivity index (χ1n) is 4.67. The molecule has 1 fully saturated rings. The van der Waals surface area contributed by atoms with Crippen molar-refractivity contribution < 1.29 is 5.21 Å². The van der Waals surface area contributed by atoms with Gasteiger partial charge in [0.15, 0.2) is 0 Å². The topological polar surface area (TPSA) is 32.6 Å². The molecule has 0 aliphatic heterocycles. The fraction of sp³-hybridized carbons (Fsp3) is 0.889. The van der Waals surface area contributed by atoms with Crippen LogP contribution in [0, 0.1) is 11.8 Å². The highest BCUT2D eigenvalue weighted by Crippen LogP contribution is 2.33. The molecule has 0 spiro atoms. The van der Waals surface area contributed by atoms with Crippen LogP contribution in [0.4, 0.5) is 0 Å². The Hall–Kier alpha value is -0.240. The minimum atomic E-state index is 0.315. The van der Waals surface area contributed by atoms with Crippen LogP contribution < -0.4 is 0 Å². The van der Waals surface area contributed by atoms with Gasteiger partial charge < -0.3 is 5.21 Å². The Morgan fingerprint density at radius 2 is 2.17 bits per heavy atom. The van der Waals surface area contributed by atoms with Crippen molar-refractivity contribution in [3.8, 4) is 0 Å². The van der Waals surface area contributed by atoms with Crippen molar-refractivity contribution in [3.05, 3.63) is 0 Å². The molecule has 0 bridgehead atoms. The number of hydrogen-bond donors (Lipinski definition) is 1. The normalized spacial score (nSPS) is 32.0. The van der Waals surface area contributed by atoms with E-state index in [2.05, 4.69) is 12.1 Å². The van der Waals surface area contributed by atoms with Crippen LogP contribution in [0.2, 0.25) is 0 Å². The SMILES string of the molecule is CCC1CCCCC1/C(Cl)=N/O. The van der Waals surface area contributed by atoms with Crippen molar-refractivity contribution in [2.24, 2.45) is 17.0 Å². The second-order valence-electron chi connectivity index (χ2n) is 3.48. The lowest BCUT2D eigenvalue weighted by molar-refractivity contribution is 0.276. The molecule has 0 aromatic rings. The number of oxime groups is 1. The molecule has 1 aliphatic rings. The summed E-state index contributed by atoms with van der Waals surface area (Å²) in [6, 6.07) is 0. The second kappa shape index (κ2) is 4.70. The molecule has 0 amide bonds. The lowest BCUT2D eigenvalue weighted by atomic mass is 9.78. The van der Waals surface area contributed by atoms with Crippen molar-refractivity contribution >= 4 is 16.8 Å². The smallest absolute Gasteiger partial charge is 0.148 e. The van der Waals surface area contributed by atoms with E-state index in [0.717, 1.165) is 12.8 Å². The molecule has 70 valence electrons. The summed E-state index contributed by atoms with van der Waals surface area (Å²) in [4.78, 5) is 0. The van der Waals surface area contributed by atoms with E-state index in [9.17, 15) is 0 Å². The van der Waals surface area contributed by atoms with Gasteiger partial charge in [-0.25, -0.2) is 0 Å². The Balaban J connectivity index is 2.58. The van der Waals surface area contributed by atoms with Crippen LogP contribution in [-0.4, -0.2) is 10.4 Å². The molecule has 0 aromatic heterocycles. The highest BCUT2D eigenvalue weighted by Gasteiger charge is 2.27. The van der Waals surface area contributed by atoms with Crippen molar-refractivity contribution in [3.63, 3.8) is 0 Å². The Morgan fingerprint density at radius 1 is 1.50 bits per heavy atom. The summed E-state index contributed by atoms with van der Waals surface area (Å²) >= 11 is 5.82. The van der Waals surface area contributed by atoms with Crippen LogP contribution in [-0.2, 0) is 0 Å². The van der Waals surface area contributed by atoms with Crippen molar-refractivity contribution in [1.29, 1.82) is 0 Å². The van der Waals surface area contributed by atoms with Crippen molar-refractivity contribution in [1.82, 2.24) is 0 Å². The summed E-state index contributed by atoms with van der Waals surface area (Å²) in [5.41, 5.74) is 0. The minimum absolute atomic E-state index is 0.315. The fourth-order valence-electron chi connectivity index (χ4n) is 2.08. The molecule has 2 atom stereocenters. The van der Waals surface area contributed by atoms with Gasteiger partial charge in [0.1, 0.15) is 5.17 Å². The van der Waals surface area contributed by atoms with E-state index in [1.807, 2.05) is 0 Å². The molecule has 12 heavy (non-hydrogen) atoms. The average molecular weight is 190 g/mol. The van der Waals surface area contributed by atoms with E-state index in [4.69, 9.17) is 16.8 Å². The molecule has 0 saturated heterocycles. The van der Waals surface area contributed by atoms with Crippen LogP contribution >= 0.6 is 11.6 Å². The summed E-state index contributed by atoms with van der Waals surface area (Å²) in [5, 5.41) is 12.1. The molecule has 2 nitrogen and oxygen atoms in total. The van der Waals surface area contributed by atoms with E-state index in [1.54, 1.807) is 0 Å². The van der Waals surface area contributed by atoms with Crippen LogP contribution in [0.25, 0.3) is 0 Å². The Kier molecular flexibility index (Phi) is 3.86. The lowest BCUT2D eigenvalue weighted by Crippen LogP contribution is -2.23. The Bertz CT molecular complexity index is 170. The molecule has 1 saturated carbocycles. The maximum atomic E-state index is 8.56. The van der Waals surface area contributed by atoms with Crippen molar-refractivity contribution in [2.75, 3.05) is 0 Å². The zero-order chi connectivity index (χ0) is 8.97. The largest absolute Gasteiger partial charge is 0.410 e. The van der Waals surface area contributed by atoms with Gasteiger partial charge in [0, 0.05) is 5.92 Å². The van der Waals surface area contributed by atoms with Crippen LogP contribution in [0.5, 0.6) is 0 Å². The summed E-state index contributed by atoms with van der Waals surface area (Å²) in [6.07, 6.45) is 5.96. The second-order valence-corrected chi connectivity index (χ2v) is 3.87. The third-order valence-electron chi connectivity index (χ3n) is 2.83. The van der Waals surface area contributed by atoms with Gasteiger partial charge in [-0.1, -0.05) is 42.9 Å². The van der Waals surface area contributed by atoms with E-state index >= 15 is 0 Å². The molecule has 1 rings (SSSR count). The third kappa shape index (κ3) is 2.13. The number of halogens is 1. The summed E-state index contributed by atoms with van der Waals surface area (Å²) < 4.78 is 0. The molecule has 0 heterocycles. The predicted molar refractivity (Wildman–Crippen MR) is 50.8 cm³/mol. The van der Waals surface area contributed by atoms with E-state index in [0.29, 0.717) is 17.0 Å². The standard InChI is InChI=1S/C9H16ClNO/c1-2-7-5-3-4-6-8(7)9(10)11-12/h7-8,12H,2-6H2,1H3/b11-9-. The highest BCUT2D eigenvalue weighted by atomic mass is 35.5. The van der Waals surface area contributed by atoms with E-state index < -0.39 is 0 Å². The quantitative estimate of drug-likeness (QED) is 0.404. The first kappa shape index (κ1) is 9.85. The molecular weight excluding hydrogens is 174 g/mol. The van der Waals surface area contributed by atoms with Crippen LogP contribution in [0.1, 0.15) is 39.0 Å². The highest BCUT2D eigenvalue weighted by molar-refractivity contribution is 6.65. The average Bonchev–Trinajstić information content (AvgIpc) is 2.16. The van der Waals surface area contributed by atoms with Gasteiger partial charge >= 0.3 is 0 Å². The lowest BCUT2D eigenvalue weighted by Gasteiger charge is -2.28. The molecular formula is C9H16ClNO. The third-order valence-corrected chi connectivity index (χ3v) is 3.19. The maximum Gasteiger partial charge on any atom is 0.148 e. The van der Waals surface area contributed by atoms with Gasteiger partial charge in [-0.2, -0.15) is 0 Å². The number of hydrogen-bond acceptors (Lipinski definition) is 2. The summed E-state index contributed by atoms with van der Waals surface area (Å²) in [6.45, 7) is 2.17. The first-order valence-corrected chi connectivity index (χ1v) is 5.04. The van der Waals surface area contributed by atoms with E-state index in [-0.39, 0.29) is 0 Å². The van der Waals surface area contributed by atoms with Gasteiger partial charge in [0.05, 0.1) is 0 Å². The number of nitrogens with zero attached hydrogens (tertiary/aromatic N) is 1. The molecule has 1 N–H and O–H groups in total. The van der Waals surface area contributed by atoms with Gasteiger partial charge in [0.2, 0.25) is 0 Å². The Morgan fingerprint density at radius 3 is 2.75 bits per heavy atom. The van der Waals surface area contributed by atoms with Gasteiger partial charge in [-0.05, 0) is 18.8 Å². The zero-order valence-electron chi connectivity index (χ0n) is 7.46. The first-order chi connectivity index (χ1) is 5.79. The molecule has 0 radical (unpaired) electrons. The maximum absolute atomic E-state index is 8.56. The molecule has 3 heteroatoms. The van der Waals surface area contributed by atoms with Gasteiger partial charge in [-0.3, -0.25) is 0 Å². The van der Waals surface area contributed by atoms with Crippen molar-refractivity contribution in [2.45, 2.75) is 39.0 Å². The zero-order valence-corrected chi connectivity index (χ0v) is 8.22. The molecule has 0 aromatic carbocycles. The number of rotatable bonds is 2. The minimum Gasteiger partial charge on any atom is -0.410 e. The van der Waals surface area contributed by atoms with Gasteiger partial charge in [-0.15, -0.1) is 0 Å². The Labute approximate surface area is 78.6 Å². The summed E-state index contributed by atoms with van der Waals surface area (Å²) in [5.74, 6) is 0.942. The predicted octanol–water partition coefficient (Wildman–Crippen LogP) is 3.23. The summed E-state index contributed by atoms with van der Waals surface area (Å²) in [7, 11) is 0.